The Bertz CT molecular complexity index is 925. The van der Waals surface area contributed by atoms with Gasteiger partial charge in [0, 0.05) is 18.6 Å². The zero-order valence-electron chi connectivity index (χ0n) is 20.1. The maximum absolute atomic E-state index is 13.1. The molecule has 0 spiro atoms. The second-order valence-electron chi connectivity index (χ2n) is 8.74. The van der Waals surface area contributed by atoms with E-state index < -0.39 is 60.2 Å². The van der Waals surface area contributed by atoms with E-state index in [4.69, 9.17) is 10.8 Å². The maximum atomic E-state index is 13.1. The number of hydrogen-bond acceptors (Lipinski definition) is 8. The topological polar surface area (TPSA) is 208 Å². The van der Waals surface area contributed by atoms with Crippen molar-refractivity contribution in [2.24, 2.45) is 11.7 Å². The monoisotopic (exact) mass is 526 g/mol. The van der Waals surface area contributed by atoms with Crippen molar-refractivity contribution in [1.82, 2.24) is 16.0 Å². The Morgan fingerprint density at radius 3 is 1.92 bits per heavy atom. The third kappa shape index (κ3) is 11.0. The van der Waals surface area contributed by atoms with Crippen molar-refractivity contribution in [1.29, 1.82) is 0 Å². The summed E-state index contributed by atoms with van der Waals surface area (Å²) in [6.45, 7) is 3.73. The molecule has 0 aliphatic carbocycles. The zero-order chi connectivity index (χ0) is 27.4. The fourth-order valence-corrected chi connectivity index (χ4v) is 3.48. The highest BCUT2D eigenvalue weighted by molar-refractivity contribution is 7.80. The summed E-state index contributed by atoms with van der Waals surface area (Å²) in [5, 5.41) is 35.0. The predicted molar refractivity (Wildman–Crippen MR) is 133 cm³/mol. The number of rotatable bonds is 15. The quantitative estimate of drug-likeness (QED) is 0.140. The van der Waals surface area contributed by atoms with Gasteiger partial charge in [0.2, 0.25) is 17.7 Å². The van der Waals surface area contributed by atoms with Crippen molar-refractivity contribution in [3.8, 4) is 5.75 Å². The standard InChI is InChI=1S/C23H34N4O8S/c1-12(2)9-15(24)20(31)25-16(7-8-19(29)30)21(32)26-17(10-13-3-5-14(28)6-4-13)22(33)27-18(11-36)23(34)35/h3-6,12,15-18,28,36H,7-11,24H2,1-2H3,(H,25,31)(H,26,32)(H,27,33)(H,29,30)(H,34,35). The lowest BCUT2D eigenvalue weighted by atomic mass is 10.0. The molecule has 0 aliphatic heterocycles. The smallest absolute Gasteiger partial charge is 0.327 e. The van der Waals surface area contributed by atoms with E-state index >= 15 is 0 Å². The van der Waals surface area contributed by atoms with Crippen LogP contribution in [-0.2, 0) is 30.4 Å². The van der Waals surface area contributed by atoms with Crippen LogP contribution in [0.1, 0.15) is 38.7 Å². The van der Waals surface area contributed by atoms with E-state index in [2.05, 4.69) is 28.6 Å². The lowest BCUT2D eigenvalue weighted by molar-refractivity contribution is -0.141. The number of nitrogens with two attached hydrogens (primary N) is 1. The van der Waals surface area contributed by atoms with E-state index in [1.165, 1.54) is 24.3 Å². The van der Waals surface area contributed by atoms with E-state index in [1.807, 2.05) is 13.8 Å². The Morgan fingerprint density at radius 1 is 0.889 bits per heavy atom. The van der Waals surface area contributed by atoms with Crippen molar-refractivity contribution in [3.05, 3.63) is 29.8 Å². The first-order valence-electron chi connectivity index (χ1n) is 11.3. The van der Waals surface area contributed by atoms with Crippen molar-refractivity contribution >= 4 is 42.3 Å². The first-order valence-corrected chi connectivity index (χ1v) is 12.0. The van der Waals surface area contributed by atoms with Gasteiger partial charge in [0.15, 0.2) is 0 Å². The average molecular weight is 527 g/mol. The van der Waals surface area contributed by atoms with Crippen molar-refractivity contribution in [3.63, 3.8) is 0 Å². The molecule has 36 heavy (non-hydrogen) atoms. The number of amides is 3. The summed E-state index contributed by atoms with van der Waals surface area (Å²) in [6, 6.07) is 0.967. The Morgan fingerprint density at radius 2 is 1.42 bits per heavy atom. The number of hydrogen-bond donors (Lipinski definition) is 8. The van der Waals surface area contributed by atoms with Crippen LogP contribution in [0.4, 0.5) is 0 Å². The van der Waals surface area contributed by atoms with Gasteiger partial charge in [0.05, 0.1) is 6.04 Å². The molecule has 200 valence electrons. The number of nitrogens with one attached hydrogen (secondary N) is 3. The summed E-state index contributed by atoms with van der Waals surface area (Å²) >= 11 is 3.91. The third-order valence-electron chi connectivity index (χ3n) is 5.15. The Balaban J connectivity index is 3.13. The molecule has 0 aliphatic rings. The van der Waals surface area contributed by atoms with Gasteiger partial charge in [-0.15, -0.1) is 0 Å². The first kappa shape index (κ1) is 30.7. The number of aromatic hydroxyl groups is 1. The lowest BCUT2D eigenvalue weighted by Gasteiger charge is -2.25. The molecule has 0 radical (unpaired) electrons. The fourth-order valence-electron chi connectivity index (χ4n) is 3.24. The summed E-state index contributed by atoms with van der Waals surface area (Å²) in [4.78, 5) is 60.9. The van der Waals surface area contributed by atoms with Gasteiger partial charge in [-0.3, -0.25) is 19.2 Å². The highest BCUT2D eigenvalue weighted by Crippen LogP contribution is 2.12. The number of carboxylic acids is 2. The van der Waals surface area contributed by atoms with Crippen LogP contribution in [0.2, 0.25) is 0 Å². The van der Waals surface area contributed by atoms with Crippen molar-refractivity contribution < 1.29 is 39.3 Å². The number of aliphatic carboxylic acids is 2. The molecule has 1 aromatic carbocycles. The van der Waals surface area contributed by atoms with Crippen LogP contribution in [0.5, 0.6) is 5.75 Å². The molecule has 13 heteroatoms. The normalized spacial score (nSPS) is 14.2. The summed E-state index contributed by atoms with van der Waals surface area (Å²) in [5.41, 5.74) is 6.42. The average Bonchev–Trinajstić information content (AvgIpc) is 2.79. The summed E-state index contributed by atoms with van der Waals surface area (Å²) in [5.74, 6) is -4.93. The number of carboxylic acid groups (broad SMARTS) is 2. The minimum Gasteiger partial charge on any atom is -0.508 e. The molecule has 0 saturated heterocycles. The second kappa shape index (κ2) is 14.9. The molecular weight excluding hydrogens is 492 g/mol. The highest BCUT2D eigenvalue weighted by atomic mass is 32.1. The molecule has 0 aromatic heterocycles. The SMILES string of the molecule is CC(C)CC(N)C(=O)NC(CCC(=O)O)C(=O)NC(Cc1ccc(O)cc1)C(=O)NC(CS)C(=O)O. The van der Waals surface area contributed by atoms with Crippen LogP contribution in [0.15, 0.2) is 24.3 Å². The zero-order valence-corrected chi connectivity index (χ0v) is 21.0. The highest BCUT2D eigenvalue weighted by Gasteiger charge is 2.30. The number of phenols is 1. The maximum Gasteiger partial charge on any atom is 0.327 e. The van der Waals surface area contributed by atoms with E-state index in [-0.39, 0.29) is 30.3 Å². The molecule has 12 nitrogen and oxygen atoms in total. The fraction of sp³-hybridized carbons (Fsp3) is 0.522. The minimum absolute atomic E-state index is 0.0148. The van der Waals surface area contributed by atoms with Crippen LogP contribution >= 0.6 is 12.6 Å². The molecule has 0 heterocycles. The number of carbonyl (C=O) groups excluding carboxylic acids is 3. The van der Waals surface area contributed by atoms with Gasteiger partial charge < -0.3 is 37.0 Å². The minimum atomic E-state index is -1.32. The largest absolute Gasteiger partial charge is 0.508 e. The van der Waals surface area contributed by atoms with Crippen molar-refractivity contribution in [2.45, 2.75) is 63.7 Å². The van der Waals surface area contributed by atoms with Gasteiger partial charge >= 0.3 is 11.9 Å². The Hall–Kier alpha value is -3.32. The molecule has 3 amide bonds. The van der Waals surface area contributed by atoms with Crippen molar-refractivity contribution in [2.75, 3.05) is 5.75 Å². The van der Waals surface area contributed by atoms with Gasteiger partial charge in [-0.05, 0) is 36.5 Å². The van der Waals surface area contributed by atoms with Crippen LogP contribution in [0, 0.1) is 5.92 Å². The first-order chi connectivity index (χ1) is 16.8. The summed E-state index contributed by atoms with van der Waals surface area (Å²) < 4.78 is 0. The van der Waals surface area contributed by atoms with Gasteiger partial charge in [0.25, 0.3) is 0 Å². The third-order valence-corrected chi connectivity index (χ3v) is 5.51. The van der Waals surface area contributed by atoms with Crippen LogP contribution < -0.4 is 21.7 Å². The van der Waals surface area contributed by atoms with Crippen LogP contribution in [0.3, 0.4) is 0 Å². The number of thiol groups is 1. The Labute approximate surface area is 214 Å². The predicted octanol–water partition coefficient (Wildman–Crippen LogP) is -0.358. The van der Waals surface area contributed by atoms with E-state index in [0.29, 0.717) is 12.0 Å². The number of carbonyl (C=O) groups is 5. The van der Waals surface area contributed by atoms with E-state index in [1.54, 1.807) is 0 Å². The summed E-state index contributed by atoms with van der Waals surface area (Å²) in [6.07, 6.45) is -0.439. The van der Waals surface area contributed by atoms with Gasteiger partial charge in [-0.25, -0.2) is 4.79 Å². The van der Waals surface area contributed by atoms with E-state index in [9.17, 15) is 34.2 Å². The molecule has 8 N–H and O–H groups in total. The lowest BCUT2D eigenvalue weighted by Crippen LogP contribution is -2.58. The molecule has 1 aromatic rings. The molecule has 0 bridgehead atoms. The van der Waals surface area contributed by atoms with Crippen LogP contribution in [-0.4, -0.2) is 74.9 Å². The molecule has 0 fully saturated rings. The molecule has 0 saturated carbocycles. The number of benzene rings is 1. The van der Waals surface area contributed by atoms with E-state index in [0.717, 1.165) is 0 Å². The van der Waals surface area contributed by atoms with Crippen LogP contribution in [0.25, 0.3) is 0 Å². The molecular formula is C23H34N4O8S. The Kier molecular flexibility index (Phi) is 12.7. The molecule has 4 unspecified atom stereocenters. The number of phenolic OH excluding ortho intramolecular Hbond substituents is 1. The molecule has 4 atom stereocenters. The molecule has 1 rings (SSSR count). The van der Waals surface area contributed by atoms with Gasteiger partial charge in [0.1, 0.15) is 23.9 Å². The summed E-state index contributed by atoms with van der Waals surface area (Å²) in [7, 11) is 0. The van der Waals surface area contributed by atoms with Gasteiger partial charge in [-0.2, -0.15) is 12.6 Å². The second-order valence-corrected chi connectivity index (χ2v) is 9.11. The van der Waals surface area contributed by atoms with Gasteiger partial charge in [-0.1, -0.05) is 26.0 Å².